The molecule has 3 aromatic carbocycles. The molecule has 25 heavy (non-hydrogen) atoms. The molecule has 1 aliphatic rings. The predicted molar refractivity (Wildman–Crippen MR) is 100.0 cm³/mol. The monoisotopic (exact) mass is 368 g/mol. The normalized spacial score (nSPS) is 12.6. The fraction of sp³-hybridized carbons (Fsp3) is 0.0952. The Kier molecular flexibility index (Phi) is 4.24. The largest absolute Gasteiger partial charge is 0.452 e. The number of hydrogen-bond acceptors (Lipinski definition) is 2. The van der Waals surface area contributed by atoms with Crippen LogP contribution in [0.25, 0.3) is 11.1 Å². The molecule has 0 unspecified atom stereocenters. The average molecular weight is 369 g/mol. The Morgan fingerprint density at radius 3 is 1.88 bits per heavy atom. The first-order valence-electron chi connectivity index (χ1n) is 7.96. The first-order valence-corrected chi connectivity index (χ1v) is 8.71. The third kappa shape index (κ3) is 2.92. The molecular weight excluding hydrogens is 355 g/mol. The van der Waals surface area contributed by atoms with Gasteiger partial charge >= 0.3 is 5.97 Å². The maximum absolute atomic E-state index is 12.6. The summed E-state index contributed by atoms with van der Waals surface area (Å²) in [6.07, 6.45) is -0.361. The van der Waals surface area contributed by atoms with Crippen LogP contribution in [0.5, 0.6) is 0 Å². The number of esters is 1. The van der Waals surface area contributed by atoms with Crippen molar-refractivity contribution in [3.8, 4) is 11.1 Å². The van der Waals surface area contributed by atoms with Gasteiger partial charge in [0, 0.05) is 26.7 Å². The molecule has 1 aliphatic carbocycles. The van der Waals surface area contributed by atoms with Gasteiger partial charge in [-0.3, -0.25) is 4.79 Å². The van der Waals surface area contributed by atoms with E-state index in [1.54, 1.807) is 18.2 Å². The Balaban J connectivity index is 1.64. The first kappa shape index (κ1) is 16.2. The van der Waals surface area contributed by atoms with Gasteiger partial charge in [-0.15, -0.1) is 0 Å². The first-order chi connectivity index (χ1) is 12.1. The van der Waals surface area contributed by atoms with E-state index in [1.165, 1.54) is 0 Å². The molecule has 0 N–H and O–H groups in total. The molecule has 0 spiro atoms. The summed E-state index contributed by atoms with van der Waals surface area (Å²) in [6, 6.07) is 21.2. The maximum atomic E-state index is 12.6. The molecule has 0 aromatic heterocycles. The zero-order chi connectivity index (χ0) is 17.4. The molecule has 3 aromatic rings. The number of carbonyl (C=O) groups is 1. The summed E-state index contributed by atoms with van der Waals surface area (Å²) in [5.74, 6) is -0.355. The van der Waals surface area contributed by atoms with E-state index in [-0.39, 0.29) is 12.4 Å². The number of ether oxygens (including phenoxy) is 1. The molecule has 124 valence electrons. The highest BCUT2D eigenvalue weighted by molar-refractivity contribution is 6.36. The van der Waals surface area contributed by atoms with Crippen LogP contribution in [0.4, 0.5) is 0 Å². The topological polar surface area (TPSA) is 26.3 Å². The number of halogens is 2. The van der Waals surface area contributed by atoms with Gasteiger partial charge < -0.3 is 4.74 Å². The number of carbonyl (C=O) groups excluding carboxylic acids is 1. The fourth-order valence-corrected chi connectivity index (χ4v) is 3.79. The average Bonchev–Trinajstić information content (AvgIpc) is 2.93. The molecule has 0 saturated carbocycles. The van der Waals surface area contributed by atoms with Gasteiger partial charge in [0.1, 0.15) is 0 Å². The quantitative estimate of drug-likeness (QED) is 0.542. The predicted octanol–water partition coefficient (Wildman–Crippen LogP) is 5.85. The summed E-state index contributed by atoms with van der Waals surface area (Å²) in [4.78, 5) is 12.6. The van der Waals surface area contributed by atoms with E-state index in [4.69, 9.17) is 27.9 Å². The molecule has 4 heteroatoms. The lowest BCUT2D eigenvalue weighted by Crippen LogP contribution is -2.13. The molecule has 0 aliphatic heterocycles. The number of benzene rings is 3. The van der Waals surface area contributed by atoms with Crippen molar-refractivity contribution < 1.29 is 9.53 Å². The van der Waals surface area contributed by atoms with Gasteiger partial charge in [0.15, 0.2) is 6.10 Å². The van der Waals surface area contributed by atoms with Crippen molar-refractivity contribution in [1.29, 1.82) is 0 Å². The van der Waals surface area contributed by atoms with Crippen LogP contribution in [0.1, 0.15) is 22.8 Å². The van der Waals surface area contributed by atoms with Gasteiger partial charge in [0.05, 0.1) is 6.42 Å². The van der Waals surface area contributed by atoms with E-state index in [0.717, 1.165) is 22.3 Å². The van der Waals surface area contributed by atoms with Gasteiger partial charge in [-0.05, 0) is 23.3 Å². The van der Waals surface area contributed by atoms with Crippen molar-refractivity contribution in [2.24, 2.45) is 0 Å². The number of hydrogen-bond donors (Lipinski definition) is 0. The molecule has 4 rings (SSSR count). The van der Waals surface area contributed by atoms with Crippen LogP contribution < -0.4 is 0 Å². The lowest BCUT2D eigenvalue weighted by Gasteiger charge is -2.16. The van der Waals surface area contributed by atoms with Crippen molar-refractivity contribution in [3.63, 3.8) is 0 Å². The molecule has 0 bridgehead atoms. The van der Waals surface area contributed by atoms with Crippen molar-refractivity contribution >= 4 is 29.2 Å². The highest BCUT2D eigenvalue weighted by Crippen LogP contribution is 2.45. The van der Waals surface area contributed by atoms with Crippen molar-refractivity contribution in [3.05, 3.63) is 93.5 Å². The second-order valence-corrected chi connectivity index (χ2v) is 6.74. The van der Waals surface area contributed by atoms with Crippen molar-refractivity contribution in [2.75, 3.05) is 0 Å². The lowest BCUT2D eigenvalue weighted by atomic mass is 10.1. The number of rotatable bonds is 3. The fourth-order valence-electron chi connectivity index (χ4n) is 3.26. The van der Waals surface area contributed by atoms with Crippen LogP contribution in [0.15, 0.2) is 66.7 Å². The van der Waals surface area contributed by atoms with Gasteiger partial charge in [0.2, 0.25) is 0 Å². The molecule has 2 nitrogen and oxygen atoms in total. The molecule has 0 saturated heterocycles. The minimum atomic E-state index is -0.402. The zero-order valence-electron chi connectivity index (χ0n) is 13.2. The van der Waals surface area contributed by atoms with Crippen LogP contribution in [-0.2, 0) is 16.0 Å². The highest BCUT2D eigenvalue weighted by atomic mass is 35.5. The molecular formula is C21H14Cl2O2. The van der Waals surface area contributed by atoms with E-state index in [9.17, 15) is 4.79 Å². The Bertz CT molecular complexity index is 900. The van der Waals surface area contributed by atoms with Crippen LogP contribution >= 0.6 is 23.2 Å². The third-order valence-electron chi connectivity index (χ3n) is 4.41. The Morgan fingerprint density at radius 2 is 1.32 bits per heavy atom. The van der Waals surface area contributed by atoms with Crippen LogP contribution in [0, 0.1) is 0 Å². The minimum absolute atomic E-state index is 0.0410. The molecule has 0 heterocycles. The van der Waals surface area contributed by atoms with Gasteiger partial charge in [-0.2, -0.15) is 0 Å². The second-order valence-electron chi connectivity index (χ2n) is 5.92. The number of fused-ring (bicyclic) bond motifs is 3. The Hall–Kier alpha value is -2.29. The van der Waals surface area contributed by atoms with E-state index in [1.807, 2.05) is 48.5 Å². The smallest absolute Gasteiger partial charge is 0.311 e. The van der Waals surface area contributed by atoms with Crippen LogP contribution in [-0.4, -0.2) is 5.97 Å². The summed E-state index contributed by atoms with van der Waals surface area (Å²) in [5, 5.41) is 0.938. The standard InChI is InChI=1S/C21H14Cl2O2/c22-18-10-5-11-19(23)17(18)12-20(24)25-21-15-8-3-1-6-13(15)14-7-2-4-9-16(14)21/h1-11,21H,12H2. The van der Waals surface area contributed by atoms with E-state index in [0.29, 0.717) is 15.6 Å². The van der Waals surface area contributed by atoms with Gasteiger partial charge in [-0.25, -0.2) is 0 Å². The Labute approximate surface area is 156 Å². The second kappa shape index (κ2) is 6.55. The van der Waals surface area contributed by atoms with Crippen molar-refractivity contribution in [1.82, 2.24) is 0 Å². The molecule has 0 amide bonds. The summed E-state index contributed by atoms with van der Waals surface area (Å²) < 4.78 is 5.82. The lowest BCUT2D eigenvalue weighted by molar-refractivity contribution is -0.146. The Morgan fingerprint density at radius 1 is 0.800 bits per heavy atom. The molecule has 0 atom stereocenters. The van der Waals surface area contributed by atoms with Crippen LogP contribution in [0.2, 0.25) is 10.0 Å². The summed E-state index contributed by atoms with van der Waals surface area (Å²) >= 11 is 12.3. The maximum Gasteiger partial charge on any atom is 0.311 e. The van der Waals surface area contributed by atoms with Gasteiger partial charge in [-0.1, -0.05) is 77.8 Å². The minimum Gasteiger partial charge on any atom is -0.452 e. The molecule has 0 fully saturated rings. The molecule has 0 radical (unpaired) electrons. The zero-order valence-corrected chi connectivity index (χ0v) is 14.7. The summed E-state index contributed by atoms with van der Waals surface area (Å²) in [6.45, 7) is 0. The van der Waals surface area contributed by atoms with E-state index in [2.05, 4.69) is 0 Å². The van der Waals surface area contributed by atoms with E-state index < -0.39 is 6.10 Å². The van der Waals surface area contributed by atoms with E-state index >= 15 is 0 Å². The third-order valence-corrected chi connectivity index (χ3v) is 5.12. The summed E-state index contributed by atoms with van der Waals surface area (Å²) in [5.41, 5.74) is 4.80. The van der Waals surface area contributed by atoms with Crippen molar-refractivity contribution in [2.45, 2.75) is 12.5 Å². The van der Waals surface area contributed by atoms with Crippen LogP contribution in [0.3, 0.4) is 0 Å². The summed E-state index contributed by atoms with van der Waals surface area (Å²) in [7, 11) is 0. The highest BCUT2D eigenvalue weighted by Gasteiger charge is 2.31. The van der Waals surface area contributed by atoms with Gasteiger partial charge in [0.25, 0.3) is 0 Å². The SMILES string of the molecule is O=C(Cc1c(Cl)cccc1Cl)OC1c2ccccc2-c2ccccc21.